The first-order chi connectivity index (χ1) is 8.45. The summed E-state index contributed by atoms with van der Waals surface area (Å²) in [6.45, 7) is 4.57. The van der Waals surface area contributed by atoms with Crippen molar-refractivity contribution < 1.29 is 14.8 Å². The SMILES string of the molecule is CCN(CC(C)C(=O)O)c1ccc([N+](=O)[O-])cc1. The Morgan fingerprint density at radius 3 is 2.39 bits per heavy atom. The number of rotatable bonds is 6. The average molecular weight is 252 g/mol. The van der Waals surface area contributed by atoms with E-state index in [2.05, 4.69) is 0 Å². The molecule has 0 spiro atoms. The maximum absolute atomic E-state index is 10.8. The Morgan fingerprint density at radius 1 is 1.44 bits per heavy atom. The van der Waals surface area contributed by atoms with E-state index in [4.69, 9.17) is 5.11 Å². The summed E-state index contributed by atoms with van der Waals surface area (Å²) in [5.74, 6) is -1.34. The van der Waals surface area contributed by atoms with Gasteiger partial charge < -0.3 is 10.0 Å². The minimum atomic E-state index is -0.852. The van der Waals surface area contributed by atoms with Gasteiger partial charge in [-0.05, 0) is 19.1 Å². The molecule has 6 heteroatoms. The quantitative estimate of drug-likeness (QED) is 0.619. The molecule has 0 fully saturated rings. The predicted molar refractivity (Wildman–Crippen MR) is 67.8 cm³/mol. The first-order valence-corrected chi connectivity index (χ1v) is 5.68. The molecule has 6 nitrogen and oxygen atoms in total. The number of aliphatic carboxylic acids is 1. The molecule has 1 aromatic rings. The second kappa shape index (κ2) is 6.00. The Balaban J connectivity index is 2.82. The van der Waals surface area contributed by atoms with Crippen molar-refractivity contribution in [2.45, 2.75) is 13.8 Å². The lowest BCUT2D eigenvalue weighted by Crippen LogP contribution is -2.31. The minimum absolute atomic E-state index is 0.0288. The van der Waals surface area contributed by atoms with E-state index in [0.717, 1.165) is 5.69 Å². The molecule has 1 rings (SSSR count). The largest absolute Gasteiger partial charge is 0.481 e. The number of anilines is 1. The molecule has 0 bridgehead atoms. The third kappa shape index (κ3) is 3.44. The highest BCUT2D eigenvalue weighted by atomic mass is 16.6. The summed E-state index contributed by atoms with van der Waals surface area (Å²) in [7, 11) is 0. The van der Waals surface area contributed by atoms with Crippen molar-refractivity contribution in [3.63, 3.8) is 0 Å². The van der Waals surface area contributed by atoms with Crippen LogP contribution in [-0.2, 0) is 4.79 Å². The van der Waals surface area contributed by atoms with Crippen LogP contribution in [0.1, 0.15) is 13.8 Å². The summed E-state index contributed by atoms with van der Waals surface area (Å²) in [5, 5.41) is 19.4. The Morgan fingerprint density at radius 2 is 2.00 bits per heavy atom. The molecule has 1 N–H and O–H groups in total. The van der Waals surface area contributed by atoms with E-state index in [-0.39, 0.29) is 5.69 Å². The van der Waals surface area contributed by atoms with Crippen LogP contribution in [0.15, 0.2) is 24.3 Å². The van der Waals surface area contributed by atoms with Gasteiger partial charge in [-0.2, -0.15) is 0 Å². The molecule has 1 atom stereocenters. The van der Waals surface area contributed by atoms with E-state index in [1.54, 1.807) is 19.1 Å². The normalized spacial score (nSPS) is 11.9. The van der Waals surface area contributed by atoms with Gasteiger partial charge in [0.1, 0.15) is 0 Å². The topological polar surface area (TPSA) is 83.7 Å². The monoisotopic (exact) mass is 252 g/mol. The third-order valence-electron chi connectivity index (χ3n) is 2.72. The fourth-order valence-corrected chi connectivity index (χ4v) is 1.61. The lowest BCUT2D eigenvalue weighted by molar-refractivity contribution is -0.384. The molecule has 0 saturated carbocycles. The number of benzene rings is 1. The summed E-state index contributed by atoms with van der Waals surface area (Å²) in [4.78, 5) is 22.8. The van der Waals surface area contributed by atoms with Crippen molar-refractivity contribution in [3.8, 4) is 0 Å². The van der Waals surface area contributed by atoms with Gasteiger partial charge in [-0.3, -0.25) is 14.9 Å². The third-order valence-corrected chi connectivity index (χ3v) is 2.72. The average Bonchev–Trinajstić information content (AvgIpc) is 2.35. The highest BCUT2D eigenvalue weighted by Crippen LogP contribution is 2.20. The number of nitro benzene ring substituents is 1. The summed E-state index contributed by atoms with van der Waals surface area (Å²) >= 11 is 0. The van der Waals surface area contributed by atoms with E-state index in [9.17, 15) is 14.9 Å². The Bertz CT molecular complexity index is 430. The van der Waals surface area contributed by atoms with Crippen molar-refractivity contribution in [2.24, 2.45) is 5.92 Å². The van der Waals surface area contributed by atoms with Gasteiger partial charge in [0.2, 0.25) is 0 Å². The Hall–Kier alpha value is -2.11. The van der Waals surface area contributed by atoms with E-state index in [1.807, 2.05) is 11.8 Å². The van der Waals surface area contributed by atoms with Crippen molar-refractivity contribution in [1.29, 1.82) is 0 Å². The van der Waals surface area contributed by atoms with E-state index in [0.29, 0.717) is 13.1 Å². The second-order valence-corrected chi connectivity index (χ2v) is 4.05. The molecule has 0 aliphatic carbocycles. The molecule has 0 aliphatic rings. The van der Waals surface area contributed by atoms with Crippen LogP contribution < -0.4 is 4.90 Å². The van der Waals surface area contributed by atoms with Crippen LogP contribution in [0.25, 0.3) is 0 Å². The van der Waals surface area contributed by atoms with Crippen LogP contribution in [0.3, 0.4) is 0 Å². The van der Waals surface area contributed by atoms with Crippen molar-refractivity contribution >= 4 is 17.3 Å². The van der Waals surface area contributed by atoms with Gasteiger partial charge in [0.15, 0.2) is 0 Å². The molecular weight excluding hydrogens is 236 g/mol. The molecule has 1 aromatic carbocycles. The molecule has 0 saturated heterocycles. The number of carbonyl (C=O) groups is 1. The van der Waals surface area contributed by atoms with Crippen molar-refractivity contribution in [1.82, 2.24) is 0 Å². The van der Waals surface area contributed by atoms with Crippen LogP contribution in [-0.4, -0.2) is 29.1 Å². The van der Waals surface area contributed by atoms with Gasteiger partial charge in [0, 0.05) is 30.9 Å². The first-order valence-electron chi connectivity index (χ1n) is 5.68. The zero-order chi connectivity index (χ0) is 13.7. The van der Waals surface area contributed by atoms with Gasteiger partial charge in [-0.15, -0.1) is 0 Å². The fraction of sp³-hybridized carbons (Fsp3) is 0.417. The molecule has 18 heavy (non-hydrogen) atoms. The van der Waals surface area contributed by atoms with E-state index < -0.39 is 16.8 Å². The van der Waals surface area contributed by atoms with Crippen LogP contribution in [0.2, 0.25) is 0 Å². The van der Waals surface area contributed by atoms with Crippen molar-refractivity contribution in [2.75, 3.05) is 18.0 Å². The number of hydrogen-bond donors (Lipinski definition) is 1. The number of hydrogen-bond acceptors (Lipinski definition) is 4. The lowest BCUT2D eigenvalue weighted by Gasteiger charge is -2.24. The van der Waals surface area contributed by atoms with E-state index in [1.165, 1.54) is 12.1 Å². The van der Waals surface area contributed by atoms with E-state index >= 15 is 0 Å². The summed E-state index contributed by atoms with van der Waals surface area (Å²) in [6, 6.07) is 6.11. The summed E-state index contributed by atoms with van der Waals surface area (Å²) < 4.78 is 0. The van der Waals surface area contributed by atoms with Crippen LogP contribution in [0, 0.1) is 16.0 Å². The van der Waals surface area contributed by atoms with Gasteiger partial charge in [-0.1, -0.05) is 6.92 Å². The number of non-ortho nitro benzene ring substituents is 1. The maximum Gasteiger partial charge on any atom is 0.308 e. The minimum Gasteiger partial charge on any atom is -0.481 e. The first kappa shape index (κ1) is 14.0. The molecule has 1 unspecified atom stereocenters. The van der Waals surface area contributed by atoms with Gasteiger partial charge in [0.05, 0.1) is 10.8 Å². The maximum atomic E-state index is 10.8. The molecule has 0 heterocycles. The smallest absolute Gasteiger partial charge is 0.308 e. The molecular formula is C12H16N2O4. The molecule has 0 amide bonds. The van der Waals surface area contributed by atoms with Gasteiger partial charge in [-0.25, -0.2) is 0 Å². The second-order valence-electron chi connectivity index (χ2n) is 4.05. The number of nitrogens with zero attached hydrogens (tertiary/aromatic N) is 2. The standard InChI is InChI=1S/C12H16N2O4/c1-3-13(8-9(2)12(15)16)10-4-6-11(7-5-10)14(17)18/h4-7,9H,3,8H2,1-2H3,(H,15,16). The summed E-state index contributed by atoms with van der Waals surface area (Å²) in [6.07, 6.45) is 0. The fourth-order valence-electron chi connectivity index (χ4n) is 1.61. The Kier molecular flexibility index (Phi) is 4.65. The van der Waals surface area contributed by atoms with Crippen LogP contribution in [0.4, 0.5) is 11.4 Å². The lowest BCUT2D eigenvalue weighted by atomic mass is 10.1. The highest BCUT2D eigenvalue weighted by molar-refractivity contribution is 5.70. The van der Waals surface area contributed by atoms with Crippen LogP contribution in [0.5, 0.6) is 0 Å². The van der Waals surface area contributed by atoms with Gasteiger partial charge in [0.25, 0.3) is 5.69 Å². The molecule has 0 aliphatic heterocycles. The Labute approximate surface area is 105 Å². The number of carboxylic acid groups (broad SMARTS) is 1. The van der Waals surface area contributed by atoms with Crippen LogP contribution >= 0.6 is 0 Å². The molecule has 98 valence electrons. The summed E-state index contributed by atoms with van der Waals surface area (Å²) in [5.41, 5.74) is 0.817. The predicted octanol–water partition coefficient (Wildman–Crippen LogP) is 2.14. The zero-order valence-electron chi connectivity index (χ0n) is 10.4. The zero-order valence-corrected chi connectivity index (χ0v) is 10.4. The molecule has 0 aromatic heterocycles. The molecule has 0 radical (unpaired) electrons. The number of carboxylic acids is 1. The highest BCUT2D eigenvalue weighted by Gasteiger charge is 2.16. The van der Waals surface area contributed by atoms with Crippen molar-refractivity contribution in [3.05, 3.63) is 34.4 Å². The number of nitro groups is 1. The van der Waals surface area contributed by atoms with Gasteiger partial charge >= 0.3 is 5.97 Å².